The normalized spacial score (nSPS) is 12.2. The Morgan fingerprint density at radius 1 is 1.14 bits per heavy atom. The smallest absolute Gasteiger partial charge is 0.127 e. The second-order valence-electron chi connectivity index (χ2n) is 4.76. The molecule has 1 N–H and O–H groups in total. The number of rotatable bonds is 5. The molecule has 0 saturated carbocycles. The molecule has 5 heteroatoms. The van der Waals surface area contributed by atoms with Crippen molar-refractivity contribution >= 4 is 15.9 Å². The lowest BCUT2D eigenvalue weighted by molar-refractivity contribution is 0.298. The SMILES string of the molecule is CNC(C)c1ccc(F)cc1OCc1cc(F)cc(Br)c1. The van der Waals surface area contributed by atoms with Gasteiger partial charge < -0.3 is 10.1 Å². The van der Waals surface area contributed by atoms with E-state index in [1.165, 1.54) is 24.3 Å². The topological polar surface area (TPSA) is 21.3 Å². The Bertz CT molecular complexity index is 613. The lowest BCUT2D eigenvalue weighted by Crippen LogP contribution is -2.14. The first-order valence-electron chi connectivity index (χ1n) is 6.54. The van der Waals surface area contributed by atoms with Crippen LogP contribution in [0.2, 0.25) is 0 Å². The summed E-state index contributed by atoms with van der Waals surface area (Å²) >= 11 is 3.23. The van der Waals surface area contributed by atoms with Crippen LogP contribution in [0.1, 0.15) is 24.1 Å². The van der Waals surface area contributed by atoms with Crippen LogP contribution in [-0.2, 0) is 6.61 Å². The minimum absolute atomic E-state index is 0.0276. The molecule has 0 aliphatic carbocycles. The molecule has 112 valence electrons. The molecular formula is C16H16BrF2NO. The minimum Gasteiger partial charge on any atom is -0.488 e. The summed E-state index contributed by atoms with van der Waals surface area (Å²) in [4.78, 5) is 0. The average molecular weight is 356 g/mol. The Kier molecular flexibility index (Phi) is 5.31. The number of hydrogen-bond acceptors (Lipinski definition) is 2. The van der Waals surface area contributed by atoms with Crippen LogP contribution in [0.25, 0.3) is 0 Å². The van der Waals surface area contributed by atoms with E-state index < -0.39 is 0 Å². The number of benzene rings is 2. The summed E-state index contributed by atoms with van der Waals surface area (Å²) in [5.41, 5.74) is 1.53. The second-order valence-corrected chi connectivity index (χ2v) is 5.67. The predicted molar refractivity (Wildman–Crippen MR) is 82.3 cm³/mol. The highest BCUT2D eigenvalue weighted by Crippen LogP contribution is 2.27. The minimum atomic E-state index is -0.363. The molecule has 0 radical (unpaired) electrons. The van der Waals surface area contributed by atoms with Crippen molar-refractivity contribution < 1.29 is 13.5 Å². The third-order valence-electron chi connectivity index (χ3n) is 3.19. The summed E-state index contributed by atoms with van der Waals surface area (Å²) in [6.45, 7) is 2.13. The molecule has 0 saturated heterocycles. The molecule has 0 aliphatic heterocycles. The van der Waals surface area contributed by atoms with Crippen molar-refractivity contribution in [3.8, 4) is 5.75 Å². The largest absolute Gasteiger partial charge is 0.488 e. The van der Waals surface area contributed by atoms with Gasteiger partial charge in [-0.1, -0.05) is 22.0 Å². The molecule has 1 atom stereocenters. The maximum Gasteiger partial charge on any atom is 0.127 e. The van der Waals surface area contributed by atoms with Crippen molar-refractivity contribution in [2.45, 2.75) is 19.6 Å². The molecule has 21 heavy (non-hydrogen) atoms. The van der Waals surface area contributed by atoms with Crippen LogP contribution < -0.4 is 10.1 Å². The van der Waals surface area contributed by atoms with Crippen molar-refractivity contribution in [3.05, 3.63) is 63.6 Å². The van der Waals surface area contributed by atoms with Crippen LogP contribution in [0.15, 0.2) is 40.9 Å². The first kappa shape index (κ1) is 15.9. The molecule has 0 heterocycles. The lowest BCUT2D eigenvalue weighted by atomic mass is 10.1. The van der Waals surface area contributed by atoms with Crippen LogP contribution in [0.3, 0.4) is 0 Å². The average Bonchev–Trinajstić information content (AvgIpc) is 2.43. The zero-order valence-electron chi connectivity index (χ0n) is 11.8. The van der Waals surface area contributed by atoms with E-state index in [1.807, 2.05) is 14.0 Å². The second kappa shape index (κ2) is 7.00. The molecule has 0 amide bonds. The van der Waals surface area contributed by atoms with E-state index in [4.69, 9.17) is 4.74 Å². The molecule has 0 spiro atoms. The van der Waals surface area contributed by atoms with Gasteiger partial charge in [-0.25, -0.2) is 8.78 Å². The molecule has 2 rings (SSSR count). The van der Waals surface area contributed by atoms with Gasteiger partial charge in [-0.3, -0.25) is 0 Å². The third kappa shape index (κ3) is 4.25. The van der Waals surface area contributed by atoms with Gasteiger partial charge in [0.25, 0.3) is 0 Å². The third-order valence-corrected chi connectivity index (χ3v) is 3.65. The molecule has 0 aliphatic rings. The van der Waals surface area contributed by atoms with Gasteiger partial charge in [-0.15, -0.1) is 0 Å². The fourth-order valence-corrected chi connectivity index (χ4v) is 2.51. The van der Waals surface area contributed by atoms with Gasteiger partial charge in [-0.2, -0.15) is 0 Å². The molecular weight excluding hydrogens is 340 g/mol. The van der Waals surface area contributed by atoms with Crippen LogP contribution >= 0.6 is 15.9 Å². The van der Waals surface area contributed by atoms with Gasteiger partial charge in [0.2, 0.25) is 0 Å². The molecule has 2 aromatic carbocycles. The molecule has 2 aromatic rings. The van der Waals surface area contributed by atoms with Crippen LogP contribution in [-0.4, -0.2) is 7.05 Å². The van der Waals surface area contributed by atoms with Gasteiger partial charge >= 0.3 is 0 Å². The van der Waals surface area contributed by atoms with E-state index in [-0.39, 0.29) is 24.3 Å². The highest BCUT2D eigenvalue weighted by atomic mass is 79.9. The van der Waals surface area contributed by atoms with E-state index in [1.54, 1.807) is 12.1 Å². The van der Waals surface area contributed by atoms with Gasteiger partial charge in [-0.05, 0) is 43.8 Å². The molecule has 0 bridgehead atoms. The fraction of sp³-hybridized carbons (Fsp3) is 0.250. The van der Waals surface area contributed by atoms with Gasteiger partial charge in [0.1, 0.15) is 24.0 Å². The summed E-state index contributed by atoms with van der Waals surface area (Å²) in [7, 11) is 1.82. The Morgan fingerprint density at radius 2 is 1.90 bits per heavy atom. The maximum atomic E-state index is 13.4. The highest BCUT2D eigenvalue weighted by molar-refractivity contribution is 9.10. The monoisotopic (exact) mass is 355 g/mol. The summed E-state index contributed by atoms with van der Waals surface area (Å²) < 4.78 is 33.0. The quantitative estimate of drug-likeness (QED) is 0.846. The zero-order valence-corrected chi connectivity index (χ0v) is 13.4. The first-order valence-corrected chi connectivity index (χ1v) is 7.33. The van der Waals surface area contributed by atoms with Crippen molar-refractivity contribution in [2.75, 3.05) is 7.05 Å². The van der Waals surface area contributed by atoms with E-state index in [2.05, 4.69) is 21.2 Å². The van der Waals surface area contributed by atoms with E-state index in [0.29, 0.717) is 15.8 Å². The van der Waals surface area contributed by atoms with Gasteiger partial charge in [0.15, 0.2) is 0 Å². The summed E-state index contributed by atoms with van der Waals surface area (Å²) in [6.07, 6.45) is 0. The first-order chi connectivity index (χ1) is 9.99. The van der Waals surface area contributed by atoms with Crippen LogP contribution in [0, 0.1) is 11.6 Å². The maximum absolute atomic E-state index is 13.4. The lowest BCUT2D eigenvalue weighted by Gasteiger charge is -2.16. The van der Waals surface area contributed by atoms with Crippen LogP contribution in [0.5, 0.6) is 5.75 Å². The number of ether oxygens (including phenoxy) is 1. The van der Waals surface area contributed by atoms with Crippen molar-refractivity contribution in [1.29, 1.82) is 0 Å². The number of hydrogen-bond donors (Lipinski definition) is 1. The van der Waals surface area contributed by atoms with Crippen molar-refractivity contribution in [3.63, 3.8) is 0 Å². The fourth-order valence-electron chi connectivity index (χ4n) is 2.00. The molecule has 0 aromatic heterocycles. The summed E-state index contributed by atoms with van der Waals surface area (Å²) in [6, 6.07) is 8.99. The summed E-state index contributed by atoms with van der Waals surface area (Å²) in [5, 5.41) is 3.09. The van der Waals surface area contributed by atoms with Gasteiger partial charge in [0.05, 0.1) is 0 Å². The Morgan fingerprint density at radius 3 is 2.57 bits per heavy atom. The Hall–Kier alpha value is -1.46. The highest BCUT2D eigenvalue weighted by Gasteiger charge is 2.11. The number of nitrogens with one attached hydrogen (secondary N) is 1. The molecule has 2 nitrogen and oxygen atoms in total. The van der Waals surface area contributed by atoms with Crippen molar-refractivity contribution in [1.82, 2.24) is 5.32 Å². The molecule has 0 fully saturated rings. The molecule has 1 unspecified atom stereocenters. The summed E-state index contributed by atoms with van der Waals surface area (Å²) in [5.74, 6) is -0.249. The van der Waals surface area contributed by atoms with Crippen LogP contribution in [0.4, 0.5) is 8.78 Å². The van der Waals surface area contributed by atoms with Gasteiger partial charge in [0, 0.05) is 22.1 Å². The predicted octanol–water partition coefficient (Wildman–Crippen LogP) is 4.59. The zero-order chi connectivity index (χ0) is 15.4. The van der Waals surface area contributed by atoms with Crippen molar-refractivity contribution in [2.24, 2.45) is 0 Å². The van der Waals surface area contributed by atoms with E-state index in [0.717, 1.165) is 5.56 Å². The Balaban J connectivity index is 2.20. The number of halogens is 3. The Labute approximate surface area is 131 Å². The van der Waals surface area contributed by atoms with E-state index in [9.17, 15) is 8.78 Å². The van der Waals surface area contributed by atoms with E-state index >= 15 is 0 Å². The standard InChI is InChI=1S/C16H16BrF2NO/c1-10(20-2)15-4-3-13(18)8-16(15)21-9-11-5-12(17)7-14(19)6-11/h3-8,10,20H,9H2,1-2H3.